The van der Waals surface area contributed by atoms with Gasteiger partial charge in [0.15, 0.2) is 0 Å². The van der Waals surface area contributed by atoms with Crippen LogP contribution in [-0.2, 0) is 10.0 Å². The Morgan fingerprint density at radius 2 is 1.73 bits per heavy atom. The molecule has 1 aliphatic heterocycles. The minimum atomic E-state index is -4.14. The lowest BCUT2D eigenvalue weighted by molar-refractivity contribution is 0.103. The predicted molar refractivity (Wildman–Crippen MR) is 171 cm³/mol. The van der Waals surface area contributed by atoms with Crippen molar-refractivity contribution in [3.63, 3.8) is 0 Å². The lowest BCUT2D eigenvalue weighted by Gasteiger charge is -2.29. The van der Waals surface area contributed by atoms with Gasteiger partial charge in [0.25, 0.3) is 10.0 Å². The van der Waals surface area contributed by atoms with E-state index < -0.39 is 15.8 Å². The standard InChI is InChI=1S/C33H33N7O3S/c1-20-4-8-26(9-5-20)44(42,43)40-30-11-6-23(22-12-14-38(3)15-13-22)16-24(30)17-31(40)32(41)27-19-35-39(33(27)34)25-7-10-28-29(18-25)37-21(2)36-28/h4-11,16-19,22H,12-15,34H2,1-3H3,(H,36,37). The average Bonchev–Trinajstić information content (AvgIpc) is 3.70. The largest absolute Gasteiger partial charge is 0.383 e. The third-order valence-electron chi connectivity index (χ3n) is 8.64. The molecule has 0 aliphatic carbocycles. The molecule has 3 aromatic carbocycles. The number of aryl methyl sites for hydroxylation is 2. The molecule has 4 heterocycles. The summed E-state index contributed by atoms with van der Waals surface area (Å²) in [6.45, 7) is 5.78. The maximum atomic E-state index is 14.2. The fraction of sp³-hybridized carbons (Fsp3) is 0.242. The van der Waals surface area contributed by atoms with Crippen molar-refractivity contribution in [2.24, 2.45) is 0 Å². The van der Waals surface area contributed by atoms with Gasteiger partial charge in [0.05, 0.1) is 38.9 Å². The monoisotopic (exact) mass is 607 g/mol. The van der Waals surface area contributed by atoms with E-state index in [0.717, 1.165) is 57.9 Å². The molecule has 44 heavy (non-hydrogen) atoms. The summed E-state index contributed by atoms with van der Waals surface area (Å²) in [5.74, 6) is 0.732. The molecule has 0 unspecified atom stereocenters. The molecular weight excluding hydrogens is 574 g/mol. The fourth-order valence-electron chi connectivity index (χ4n) is 6.17. The number of H-pyrrole nitrogens is 1. The third kappa shape index (κ3) is 4.68. The van der Waals surface area contributed by atoms with Crippen LogP contribution in [0.25, 0.3) is 27.6 Å². The van der Waals surface area contributed by atoms with Gasteiger partial charge in [0.1, 0.15) is 17.3 Å². The lowest BCUT2D eigenvalue weighted by atomic mass is 9.89. The van der Waals surface area contributed by atoms with Crippen LogP contribution in [0.2, 0.25) is 0 Å². The van der Waals surface area contributed by atoms with E-state index >= 15 is 0 Å². The quantitative estimate of drug-likeness (QED) is 0.249. The fourth-order valence-corrected chi connectivity index (χ4v) is 7.68. The van der Waals surface area contributed by atoms with Crippen LogP contribution < -0.4 is 5.73 Å². The molecule has 0 amide bonds. The average molecular weight is 608 g/mol. The molecule has 3 N–H and O–H groups in total. The van der Waals surface area contributed by atoms with E-state index in [1.54, 1.807) is 30.3 Å². The van der Waals surface area contributed by atoms with E-state index in [4.69, 9.17) is 5.73 Å². The lowest BCUT2D eigenvalue weighted by Crippen LogP contribution is -2.29. The van der Waals surface area contributed by atoms with Crippen LogP contribution in [0.1, 0.15) is 51.8 Å². The number of piperidine rings is 1. The van der Waals surface area contributed by atoms with Gasteiger partial charge in [0, 0.05) is 5.39 Å². The Hall–Kier alpha value is -4.74. The number of aromatic amines is 1. The van der Waals surface area contributed by atoms with Crippen LogP contribution >= 0.6 is 0 Å². The number of anilines is 1. The number of benzene rings is 3. The van der Waals surface area contributed by atoms with Crippen LogP contribution in [0.15, 0.2) is 77.8 Å². The normalized spacial score (nSPS) is 15.0. The number of nitrogen functional groups attached to an aromatic ring is 1. The summed E-state index contributed by atoms with van der Waals surface area (Å²) in [6, 6.07) is 19.7. The molecule has 10 nitrogen and oxygen atoms in total. The molecule has 1 aliphatic rings. The Labute approximate surface area is 255 Å². The molecule has 0 atom stereocenters. The SMILES string of the molecule is Cc1ccc(S(=O)(=O)n2c(C(=O)c3cnn(-c4ccc5[nH]c(C)nc5c4)c3N)cc3cc(C4CCN(C)CC4)ccc32)cc1. The van der Waals surface area contributed by atoms with E-state index in [9.17, 15) is 13.2 Å². The topological polar surface area (TPSA) is 132 Å². The van der Waals surface area contributed by atoms with Gasteiger partial charge in [-0.05, 0) is 107 Å². The summed E-state index contributed by atoms with van der Waals surface area (Å²) in [4.78, 5) is 24.3. The van der Waals surface area contributed by atoms with Gasteiger partial charge in [-0.3, -0.25) is 4.79 Å². The maximum Gasteiger partial charge on any atom is 0.268 e. The van der Waals surface area contributed by atoms with Crippen molar-refractivity contribution in [2.75, 3.05) is 25.9 Å². The van der Waals surface area contributed by atoms with Crippen LogP contribution in [0.4, 0.5) is 5.82 Å². The summed E-state index contributed by atoms with van der Waals surface area (Å²) in [5, 5.41) is 5.10. The smallest absolute Gasteiger partial charge is 0.268 e. The Morgan fingerprint density at radius 3 is 2.48 bits per heavy atom. The zero-order valence-corrected chi connectivity index (χ0v) is 25.6. The summed E-state index contributed by atoms with van der Waals surface area (Å²) in [7, 11) is -2.02. The van der Waals surface area contributed by atoms with Crippen LogP contribution in [0, 0.1) is 13.8 Å². The number of likely N-dealkylation sites (tertiary alicyclic amines) is 1. The number of nitrogens with one attached hydrogen (secondary N) is 1. The highest BCUT2D eigenvalue weighted by Gasteiger charge is 2.30. The van der Waals surface area contributed by atoms with Crippen molar-refractivity contribution in [1.82, 2.24) is 28.6 Å². The van der Waals surface area contributed by atoms with Crippen LogP contribution in [0.3, 0.4) is 0 Å². The van der Waals surface area contributed by atoms with E-state index in [1.807, 2.05) is 50.2 Å². The zero-order valence-electron chi connectivity index (χ0n) is 24.8. The first-order valence-electron chi connectivity index (χ1n) is 14.6. The number of nitrogens with two attached hydrogens (primary N) is 1. The summed E-state index contributed by atoms with van der Waals surface area (Å²) in [6.07, 6.45) is 3.44. The van der Waals surface area contributed by atoms with Crippen molar-refractivity contribution in [1.29, 1.82) is 0 Å². The first kappa shape index (κ1) is 28.1. The molecule has 1 saturated heterocycles. The van der Waals surface area contributed by atoms with Crippen LogP contribution in [-0.4, -0.2) is 63.0 Å². The minimum absolute atomic E-state index is 0.00531. The van der Waals surface area contributed by atoms with Gasteiger partial charge in [-0.15, -0.1) is 0 Å². The first-order valence-corrected chi connectivity index (χ1v) is 16.1. The van der Waals surface area contributed by atoms with Crippen molar-refractivity contribution in [3.05, 3.63) is 101 Å². The molecule has 3 aromatic heterocycles. The molecular formula is C33H33N7O3S. The van der Waals surface area contributed by atoms with E-state index in [1.165, 1.54) is 10.9 Å². The number of hydrogen-bond acceptors (Lipinski definition) is 7. The number of hydrogen-bond donors (Lipinski definition) is 2. The highest BCUT2D eigenvalue weighted by atomic mass is 32.2. The molecule has 0 bridgehead atoms. The first-order chi connectivity index (χ1) is 21.1. The summed E-state index contributed by atoms with van der Waals surface area (Å²) < 4.78 is 31.0. The van der Waals surface area contributed by atoms with Crippen molar-refractivity contribution >= 4 is 43.6 Å². The van der Waals surface area contributed by atoms with Crippen molar-refractivity contribution < 1.29 is 13.2 Å². The predicted octanol–water partition coefficient (Wildman–Crippen LogP) is 5.18. The summed E-state index contributed by atoms with van der Waals surface area (Å²) >= 11 is 0. The Morgan fingerprint density at radius 1 is 0.977 bits per heavy atom. The molecule has 7 rings (SSSR count). The second kappa shape index (κ2) is 10.5. The zero-order chi connectivity index (χ0) is 30.7. The third-order valence-corrected chi connectivity index (χ3v) is 10.4. The molecule has 6 aromatic rings. The Kier molecular flexibility index (Phi) is 6.67. The van der Waals surface area contributed by atoms with E-state index in [0.29, 0.717) is 22.5 Å². The van der Waals surface area contributed by atoms with Gasteiger partial charge in [-0.25, -0.2) is 22.1 Å². The number of rotatable bonds is 6. The number of fused-ring (bicyclic) bond motifs is 2. The summed E-state index contributed by atoms with van der Waals surface area (Å²) in [5.41, 5.74) is 11.4. The van der Waals surface area contributed by atoms with Gasteiger partial charge in [-0.1, -0.05) is 23.8 Å². The number of aromatic nitrogens is 5. The molecule has 0 saturated carbocycles. The molecule has 0 spiro atoms. The molecule has 11 heteroatoms. The van der Waals surface area contributed by atoms with E-state index in [2.05, 4.69) is 27.0 Å². The number of imidazole rings is 1. The molecule has 0 radical (unpaired) electrons. The number of carbonyl (C=O) groups is 1. The second-order valence-electron chi connectivity index (χ2n) is 11.7. The highest BCUT2D eigenvalue weighted by molar-refractivity contribution is 7.90. The van der Waals surface area contributed by atoms with E-state index in [-0.39, 0.29) is 22.0 Å². The Bertz CT molecular complexity index is 2170. The number of nitrogens with zero attached hydrogens (tertiary/aromatic N) is 5. The number of carbonyl (C=O) groups excluding carboxylic acids is 1. The molecule has 224 valence electrons. The van der Waals surface area contributed by atoms with Gasteiger partial charge < -0.3 is 15.6 Å². The van der Waals surface area contributed by atoms with Gasteiger partial charge in [0.2, 0.25) is 5.78 Å². The Balaban J connectivity index is 1.35. The minimum Gasteiger partial charge on any atom is -0.383 e. The molecule has 1 fully saturated rings. The second-order valence-corrected chi connectivity index (χ2v) is 13.5. The van der Waals surface area contributed by atoms with Gasteiger partial charge in [-0.2, -0.15) is 5.10 Å². The van der Waals surface area contributed by atoms with Crippen molar-refractivity contribution in [3.8, 4) is 5.69 Å². The highest BCUT2D eigenvalue weighted by Crippen LogP contribution is 2.34. The van der Waals surface area contributed by atoms with Crippen LogP contribution in [0.5, 0.6) is 0 Å². The number of ketones is 1. The maximum absolute atomic E-state index is 14.2. The van der Waals surface area contributed by atoms with Crippen molar-refractivity contribution in [2.45, 2.75) is 37.5 Å². The van der Waals surface area contributed by atoms with Gasteiger partial charge >= 0.3 is 0 Å².